The van der Waals surface area contributed by atoms with Crippen molar-refractivity contribution in [3.8, 4) is 0 Å². The van der Waals surface area contributed by atoms with Gasteiger partial charge in [0.15, 0.2) is 0 Å². The van der Waals surface area contributed by atoms with Gasteiger partial charge in [0.05, 0.1) is 11.1 Å². The molecule has 0 unspecified atom stereocenters. The number of amides is 1. The minimum Gasteiger partial charge on any atom is -0.327 e. The molecule has 0 aliphatic carbocycles. The lowest BCUT2D eigenvalue weighted by Crippen LogP contribution is -2.23. The number of anilines is 1. The van der Waals surface area contributed by atoms with Crippen molar-refractivity contribution in [3.63, 3.8) is 0 Å². The summed E-state index contributed by atoms with van der Waals surface area (Å²) in [5.41, 5.74) is 2.20. The van der Waals surface area contributed by atoms with Gasteiger partial charge in [0.1, 0.15) is 5.15 Å². The number of nitrogens with one attached hydrogen (secondary N) is 1. The monoisotopic (exact) mass is 457 g/mol. The molecule has 0 saturated carbocycles. The number of fused-ring (bicyclic) bond motifs is 1. The quantitative estimate of drug-likeness (QED) is 0.301. The van der Waals surface area contributed by atoms with E-state index in [9.17, 15) is 9.59 Å². The molecule has 0 aliphatic heterocycles. The Morgan fingerprint density at radius 2 is 1.57 bits per heavy atom. The molecule has 5 nitrogen and oxygen atoms in total. The molecule has 1 amide bonds. The Morgan fingerprint density at radius 3 is 2.27 bits per heavy atom. The zero-order valence-electron chi connectivity index (χ0n) is 15.4. The van der Waals surface area contributed by atoms with E-state index in [1.54, 1.807) is 47.0 Å². The maximum atomic E-state index is 13.0. The molecule has 8 heteroatoms. The number of Topliss-reactive ketones (excluding diaryl/α,β-unsaturated/α-hetero) is 1. The van der Waals surface area contributed by atoms with Crippen molar-refractivity contribution in [1.82, 2.24) is 9.55 Å². The van der Waals surface area contributed by atoms with Crippen LogP contribution < -0.4 is 5.32 Å². The van der Waals surface area contributed by atoms with Gasteiger partial charge in [-0.3, -0.25) is 14.6 Å². The van der Waals surface area contributed by atoms with E-state index in [4.69, 9.17) is 34.8 Å². The van der Waals surface area contributed by atoms with Gasteiger partial charge in [0.25, 0.3) is 11.7 Å². The minimum absolute atomic E-state index is 0.106. The topological polar surface area (TPSA) is 64.0 Å². The Morgan fingerprint density at radius 1 is 0.900 bits per heavy atom. The Kier molecular flexibility index (Phi) is 5.77. The summed E-state index contributed by atoms with van der Waals surface area (Å²) in [6.07, 6.45) is 3.04. The van der Waals surface area contributed by atoms with Crippen LogP contribution in [0.2, 0.25) is 15.2 Å². The first-order chi connectivity index (χ1) is 14.4. The van der Waals surface area contributed by atoms with Crippen LogP contribution in [0.1, 0.15) is 15.9 Å². The van der Waals surface area contributed by atoms with E-state index >= 15 is 0 Å². The molecular formula is C22H14Cl3N3O2. The average molecular weight is 459 g/mol. The summed E-state index contributed by atoms with van der Waals surface area (Å²) < 4.78 is 1.77. The molecule has 0 aliphatic rings. The van der Waals surface area contributed by atoms with Gasteiger partial charge < -0.3 is 9.88 Å². The zero-order chi connectivity index (χ0) is 21.3. The zero-order valence-corrected chi connectivity index (χ0v) is 17.7. The van der Waals surface area contributed by atoms with Crippen LogP contribution in [0, 0.1) is 0 Å². The fourth-order valence-electron chi connectivity index (χ4n) is 3.18. The van der Waals surface area contributed by atoms with Gasteiger partial charge in [-0.1, -0.05) is 46.9 Å². The van der Waals surface area contributed by atoms with Gasteiger partial charge in [-0.15, -0.1) is 0 Å². The van der Waals surface area contributed by atoms with Gasteiger partial charge >= 0.3 is 0 Å². The largest absolute Gasteiger partial charge is 0.327 e. The van der Waals surface area contributed by atoms with Crippen LogP contribution in [0.15, 0.2) is 67.0 Å². The molecule has 0 atom stereocenters. The fraction of sp³-hybridized carbons (Fsp3) is 0.0455. The second-order valence-electron chi connectivity index (χ2n) is 6.56. The van der Waals surface area contributed by atoms with Gasteiger partial charge in [-0.2, -0.15) is 0 Å². The second kappa shape index (κ2) is 8.48. The average Bonchev–Trinajstić information content (AvgIpc) is 3.00. The van der Waals surface area contributed by atoms with Crippen molar-refractivity contribution in [1.29, 1.82) is 0 Å². The molecule has 0 spiro atoms. The maximum Gasteiger partial charge on any atom is 0.296 e. The number of carbonyl (C=O) groups is 2. The third-order valence-electron chi connectivity index (χ3n) is 4.59. The van der Waals surface area contributed by atoms with Crippen LogP contribution in [-0.4, -0.2) is 21.2 Å². The van der Waals surface area contributed by atoms with Crippen LogP contribution in [-0.2, 0) is 11.3 Å². The van der Waals surface area contributed by atoms with Crippen LogP contribution in [0.25, 0.3) is 10.9 Å². The number of hydrogen-bond donors (Lipinski definition) is 1. The summed E-state index contributed by atoms with van der Waals surface area (Å²) in [4.78, 5) is 29.5. The third-order valence-corrected chi connectivity index (χ3v) is 5.47. The van der Waals surface area contributed by atoms with Gasteiger partial charge in [-0.25, -0.2) is 0 Å². The molecule has 4 rings (SSSR count). The van der Waals surface area contributed by atoms with Crippen molar-refractivity contribution in [3.05, 3.63) is 93.3 Å². The molecule has 0 radical (unpaired) electrons. The number of aromatic nitrogens is 2. The van der Waals surface area contributed by atoms with E-state index < -0.39 is 11.7 Å². The molecule has 2 heterocycles. The minimum atomic E-state index is -0.798. The van der Waals surface area contributed by atoms with Gasteiger partial charge in [-0.05, 0) is 48.0 Å². The predicted octanol–water partition coefficient (Wildman–Crippen LogP) is 5.87. The molecule has 30 heavy (non-hydrogen) atoms. The van der Waals surface area contributed by atoms with Crippen LogP contribution in [0.4, 0.5) is 5.69 Å². The molecule has 2 aromatic heterocycles. The number of benzene rings is 2. The Labute approximate surface area is 187 Å². The van der Waals surface area contributed by atoms with Gasteiger partial charge in [0.2, 0.25) is 0 Å². The molecule has 0 fully saturated rings. The number of pyridine rings is 1. The highest BCUT2D eigenvalue weighted by molar-refractivity contribution is 6.52. The number of ketones is 1. The van der Waals surface area contributed by atoms with Crippen molar-refractivity contribution in [2.75, 3.05) is 5.32 Å². The van der Waals surface area contributed by atoms with Crippen molar-refractivity contribution in [2.45, 2.75) is 6.54 Å². The van der Waals surface area contributed by atoms with E-state index in [-0.39, 0.29) is 10.7 Å². The third kappa shape index (κ3) is 4.05. The van der Waals surface area contributed by atoms with E-state index in [0.717, 1.165) is 5.56 Å². The highest BCUT2D eigenvalue weighted by Gasteiger charge is 2.26. The number of hydrogen-bond acceptors (Lipinski definition) is 3. The summed E-state index contributed by atoms with van der Waals surface area (Å²) in [6, 6.07) is 15.6. The standard InChI is InChI=1S/C22H14Cl3N3O2/c23-14-3-1-13(2-4-14)12-28-18-6-5-15(24)11-17(18)19(21(28)25)20(29)22(30)27-16-7-9-26-10-8-16/h1-11H,12H2,(H,26,27,30). The molecule has 0 bridgehead atoms. The SMILES string of the molecule is O=C(Nc1ccncc1)C(=O)c1c(Cl)n(Cc2ccc(Cl)cc2)c2ccc(Cl)cc12. The smallest absolute Gasteiger partial charge is 0.296 e. The highest BCUT2D eigenvalue weighted by Crippen LogP contribution is 2.33. The number of nitrogens with zero attached hydrogens (tertiary/aromatic N) is 2. The summed E-state index contributed by atoms with van der Waals surface area (Å²) in [5.74, 6) is -1.55. The van der Waals surface area contributed by atoms with Crippen molar-refractivity contribution < 1.29 is 9.59 Å². The highest BCUT2D eigenvalue weighted by atomic mass is 35.5. The fourth-order valence-corrected chi connectivity index (χ4v) is 3.81. The Balaban J connectivity index is 1.76. The van der Waals surface area contributed by atoms with Gasteiger partial charge in [0, 0.05) is 40.1 Å². The molecular weight excluding hydrogens is 445 g/mol. The lowest BCUT2D eigenvalue weighted by atomic mass is 10.1. The van der Waals surface area contributed by atoms with Crippen molar-refractivity contribution >= 4 is 63.1 Å². The molecule has 150 valence electrons. The summed E-state index contributed by atoms with van der Waals surface area (Å²) in [5, 5.41) is 4.30. The normalized spacial score (nSPS) is 10.9. The Hall–Kier alpha value is -2.86. The lowest BCUT2D eigenvalue weighted by Gasteiger charge is -2.08. The number of halogens is 3. The lowest BCUT2D eigenvalue weighted by molar-refractivity contribution is -0.112. The summed E-state index contributed by atoms with van der Waals surface area (Å²) >= 11 is 18.7. The molecule has 2 aromatic carbocycles. The predicted molar refractivity (Wildman–Crippen MR) is 120 cm³/mol. The maximum absolute atomic E-state index is 13.0. The second-order valence-corrected chi connectivity index (χ2v) is 7.79. The van der Waals surface area contributed by atoms with Crippen LogP contribution >= 0.6 is 34.8 Å². The first-order valence-electron chi connectivity index (χ1n) is 8.91. The van der Waals surface area contributed by atoms with Crippen LogP contribution in [0.5, 0.6) is 0 Å². The molecule has 0 saturated heterocycles. The van der Waals surface area contributed by atoms with E-state index in [2.05, 4.69) is 10.3 Å². The van der Waals surface area contributed by atoms with E-state index in [0.29, 0.717) is 33.2 Å². The summed E-state index contributed by atoms with van der Waals surface area (Å²) in [7, 11) is 0. The van der Waals surface area contributed by atoms with Crippen molar-refractivity contribution in [2.24, 2.45) is 0 Å². The van der Waals surface area contributed by atoms with E-state index in [1.165, 1.54) is 12.4 Å². The number of rotatable bonds is 5. The number of carbonyl (C=O) groups excluding carboxylic acids is 2. The molecule has 1 N–H and O–H groups in total. The Bertz CT molecular complexity index is 1250. The molecule has 4 aromatic rings. The van der Waals surface area contributed by atoms with E-state index in [1.807, 2.05) is 12.1 Å². The first kappa shape index (κ1) is 20.4. The first-order valence-corrected chi connectivity index (χ1v) is 10.0. The van der Waals surface area contributed by atoms with Crippen LogP contribution in [0.3, 0.4) is 0 Å². The summed E-state index contributed by atoms with van der Waals surface area (Å²) in [6.45, 7) is 0.396.